The fraction of sp³-hybridized carbons (Fsp3) is 0.0714. The number of carbonyl (C=O) groups is 2. The van der Waals surface area contributed by atoms with Crippen molar-refractivity contribution < 1.29 is 14.3 Å². The molecule has 2 aromatic rings. The second-order valence-electron chi connectivity index (χ2n) is 3.98. The summed E-state index contributed by atoms with van der Waals surface area (Å²) in [5, 5.41) is 3.13. The summed E-state index contributed by atoms with van der Waals surface area (Å²) >= 11 is 11.6. The van der Waals surface area contributed by atoms with Crippen LogP contribution in [0.5, 0.6) is 0 Å². The molecule has 0 fully saturated rings. The number of amides is 1. The maximum absolute atomic E-state index is 12.1. The van der Waals surface area contributed by atoms with Gasteiger partial charge in [0.05, 0.1) is 18.4 Å². The largest absolute Gasteiger partial charge is 0.465 e. The van der Waals surface area contributed by atoms with Crippen molar-refractivity contribution in [3.05, 3.63) is 57.8 Å². The van der Waals surface area contributed by atoms with Crippen LogP contribution in [0.1, 0.15) is 20.8 Å². The van der Waals surface area contributed by atoms with Gasteiger partial charge in [-0.05, 0) is 30.3 Å². The Morgan fingerprint density at radius 2 is 1.95 bits per heavy atom. The van der Waals surface area contributed by atoms with Gasteiger partial charge in [0.25, 0.3) is 5.91 Å². The number of nitrogens with zero attached hydrogens (tertiary/aromatic N) is 1. The lowest BCUT2D eigenvalue weighted by atomic mass is 10.1. The number of benzene rings is 1. The van der Waals surface area contributed by atoms with Crippen molar-refractivity contribution in [2.24, 2.45) is 0 Å². The molecule has 0 saturated carbocycles. The highest BCUT2D eigenvalue weighted by Crippen LogP contribution is 2.22. The molecule has 7 heteroatoms. The van der Waals surface area contributed by atoms with E-state index in [4.69, 9.17) is 23.2 Å². The predicted octanol–water partition coefficient (Wildman–Crippen LogP) is 3.43. The van der Waals surface area contributed by atoms with Gasteiger partial charge in [0.1, 0.15) is 10.8 Å². The van der Waals surface area contributed by atoms with Gasteiger partial charge in [0.15, 0.2) is 0 Å². The summed E-state index contributed by atoms with van der Waals surface area (Å²) in [6.45, 7) is 0. The molecule has 0 aliphatic heterocycles. The van der Waals surface area contributed by atoms with Crippen LogP contribution in [-0.4, -0.2) is 24.0 Å². The minimum Gasteiger partial charge on any atom is -0.465 e. The van der Waals surface area contributed by atoms with Crippen molar-refractivity contribution in [2.75, 3.05) is 12.4 Å². The number of nitrogens with one attached hydrogen (secondary N) is 1. The Labute approximate surface area is 130 Å². The lowest BCUT2D eigenvalue weighted by Crippen LogP contribution is -2.16. The third-order valence-electron chi connectivity index (χ3n) is 2.58. The molecule has 1 aromatic carbocycles. The molecule has 0 aliphatic carbocycles. The van der Waals surface area contributed by atoms with E-state index in [-0.39, 0.29) is 22.1 Å². The van der Waals surface area contributed by atoms with Gasteiger partial charge in [0, 0.05) is 5.02 Å². The normalized spacial score (nSPS) is 10.0. The molecule has 108 valence electrons. The number of hydrogen-bond acceptors (Lipinski definition) is 4. The fourth-order valence-corrected chi connectivity index (χ4v) is 1.96. The van der Waals surface area contributed by atoms with Crippen LogP contribution >= 0.6 is 23.2 Å². The van der Waals surface area contributed by atoms with Crippen molar-refractivity contribution in [2.45, 2.75) is 0 Å². The summed E-state index contributed by atoms with van der Waals surface area (Å²) in [4.78, 5) is 27.7. The van der Waals surface area contributed by atoms with Crippen LogP contribution in [-0.2, 0) is 4.74 Å². The molecule has 0 atom stereocenters. The number of esters is 1. The summed E-state index contributed by atoms with van der Waals surface area (Å²) in [5.41, 5.74) is 0.562. The van der Waals surface area contributed by atoms with E-state index < -0.39 is 11.9 Å². The van der Waals surface area contributed by atoms with E-state index in [1.165, 1.54) is 25.3 Å². The van der Waals surface area contributed by atoms with Gasteiger partial charge in [-0.1, -0.05) is 29.3 Å². The molecule has 1 N–H and O–H groups in total. The van der Waals surface area contributed by atoms with Gasteiger partial charge in [-0.2, -0.15) is 0 Å². The van der Waals surface area contributed by atoms with Crippen molar-refractivity contribution in [1.82, 2.24) is 4.98 Å². The molecule has 0 spiro atoms. The van der Waals surface area contributed by atoms with Crippen molar-refractivity contribution in [3.8, 4) is 0 Å². The third kappa shape index (κ3) is 3.71. The van der Waals surface area contributed by atoms with Gasteiger partial charge in [-0.3, -0.25) is 4.79 Å². The molecule has 0 saturated heterocycles. The summed E-state index contributed by atoms with van der Waals surface area (Å²) in [5.74, 6) is -1.10. The summed E-state index contributed by atoms with van der Waals surface area (Å²) in [7, 11) is 1.24. The maximum Gasteiger partial charge on any atom is 0.340 e. The Hall–Kier alpha value is -2.11. The third-order valence-corrected chi connectivity index (χ3v) is 3.03. The second-order valence-corrected chi connectivity index (χ2v) is 4.80. The highest BCUT2D eigenvalue weighted by Gasteiger charge is 2.16. The highest BCUT2D eigenvalue weighted by atomic mass is 35.5. The van der Waals surface area contributed by atoms with E-state index >= 15 is 0 Å². The van der Waals surface area contributed by atoms with E-state index in [1.54, 1.807) is 18.2 Å². The number of carbonyl (C=O) groups excluding carboxylic acids is 2. The van der Waals surface area contributed by atoms with Crippen LogP contribution in [0.3, 0.4) is 0 Å². The molecule has 0 radical (unpaired) electrons. The minimum atomic E-state index is -0.605. The average Bonchev–Trinajstić information content (AvgIpc) is 2.48. The van der Waals surface area contributed by atoms with E-state index in [2.05, 4.69) is 15.0 Å². The molecule has 5 nitrogen and oxygen atoms in total. The van der Waals surface area contributed by atoms with Gasteiger partial charge < -0.3 is 10.1 Å². The molecule has 1 amide bonds. The number of rotatable bonds is 3. The SMILES string of the molecule is COC(=O)c1cc(Cl)ccc1NC(=O)c1cccc(Cl)n1. The number of methoxy groups -OCH3 is 1. The zero-order chi connectivity index (χ0) is 15.4. The molecule has 21 heavy (non-hydrogen) atoms. The zero-order valence-corrected chi connectivity index (χ0v) is 12.4. The van der Waals surface area contributed by atoms with Crippen LogP contribution in [0.15, 0.2) is 36.4 Å². The second kappa shape index (κ2) is 6.56. The molecule has 0 unspecified atom stereocenters. The molecule has 0 aliphatic rings. The number of hydrogen-bond donors (Lipinski definition) is 1. The Morgan fingerprint density at radius 1 is 1.19 bits per heavy atom. The lowest BCUT2D eigenvalue weighted by molar-refractivity contribution is 0.0602. The summed E-state index contributed by atoms with van der Waals surface area (Å²) in [6, 6.07) is 9.14. The number of anilines is 1. The Bertz CT molecular complexity index is 704. The van der Waals surface area contributed by atoms with Gasteiger partial charge in [0.2, 0.25) is 0 Å². The van der Waals surface area contributed by atoms with Crippen LogP contribution in [0, 0.1) is 0 Å². The van der Waals surface area contributed by atoms with Gasteiger partial charge in [-0.15, -0.1) is 0 Å². The molecular weight excluding hydrogens is 315 g/mol. The maximum atomic E-state index is 12.1. The summed E-state index contributed by atoms with van der Waals surface area (Å²) < 4.78 is 4.65. The van der Waals surface area contributed by atoms with Crippen LogP contribution in [0.25, 0.3) is 0 Å². The first kappa shape index (κ1) is 15.3. The molecular formula is C14H10Cl2N2O3. The van der Waals surface area contributed by atoms with E-state index in [9.17, 15) is 9.59 Å². The first-order valence-electron chi connectivity index (χ1n) is 5.83. The summed E-state index contributed by atoms with van der Waals surface area (Å²) in [6.07, 6.45) is 0. The minimum absolute atomic E-state index is 0.133. The van der Waals surface area contributed by atoms with Crippen molar-refractivity contribution in [3.63, 3.8) is 0 Å². The molecule has 2 rings (SSSR count). The zero-order valence-electron chi connectivity index (χ0n) is 10.9. The standard InChI is InChI=1S/C14H10Cl2N2O3/c1-21-14(20)9-7-8(15)5-6-10(9)18-13(19)11-3-2-4-12(16)17-11/h2-7H,1H3,(H,18,19). The average molecular weight is 325 g/mol. The monoisotopic (exact) mass is 324 g/mol. The van der Waals surface area contributed by atoms with E-state index in [0.717, 1.165) is 0 Å². The fourth-order valence-electron chi connectivity index (χ4n) is 1.63. The Morgan fingerprint density at radius 3 is 2.62 bits per heavy atom. The van der Waals surface area contributed by atoms with Gasteiger partial charge in [-0.25, -0.2) is 9.78 Å². The molecule has 1 aromatic heterocycles. The predicted molar refractivity (Wildman–Crippen MR) is 80.0 cm³/mol. The number of halogens is 2. The Balaban J connectivity index is 2.31. The van der Waals surface area contributed by atoms with Crippen molar-refractivity contribution >= 4 is 40.8 Å². The van der Waals surface area contributed by atoms with Crippen LogP contribution in [0.4, 0.5) is 5.69 Å². The first-order valence-corrected chi connectivity index (χ1v) is 6.58. The van der Waals surface area contributed by atoms with Crippen molar-refractivity contribution in [1.29, 1.82) is 0 Å². The van der Waals surface area contributed by atoms with E-state index in [0.29, 0.717) is 5.02 Å². The smallest absolute Gasteiger partial charge is 0.340 e. The molecule has 1 heterocycles. The quantitative estimate of drug-likeness (QED) is 0.693. The molecule has 0 bridgehead atoms. The number of ether oxygens (including phenoxy) is 1. The van der Waals surface area contributed by atoms with Gasteiger partial charge >= 0.3 is 5.97 Å². The number of aromatic nitrogens is 1. The topological polar surface area (TPSA) is 68.3 Å². The number of pyridine rings is 1. The lowest BCUT2D eigenvalue weighted by Gasteiger charge is -2.10. The van der Waals surface area contributed by atoms with Crippen LogP contribution < -0.4 is 5.32 Å². The van der Waals surface area contributed by atoms with Crippen LogP contribution in [0.2, 0.25) is 10.2 Å². The first-order chi connectivity index (χ1) is 10.0. The Kier molecular flexibility index (Phi) is 4.77. The highest BCUT2D eigenvalue weighted by molar-refractivity contribution is 6.31. The van der Waals surface area contributed by atoms with E-state index in [1.807, 2.05) is 0 Å².